The van der Waals surface area contributed by atoms with Crippen LogP contribution in [0.1, 0.15) is 24.0 Å². The number of ether oxygens (including phenoxy) is 1. The fourth-order valence-corrected chi connectivity index (χ4v) is 3.21. The molecule has 0 radical (unpaired) electrons. The zero-order chi connectivity index (χ0) is 13.9. The van der Waals surface area contributed by atoms with Gasteiger partial charge in [0.05, 0.1) is 6.61 Å². The normalized spacial score (nSPS) is 21.7. The van der Waals surface area contributed by atoms with Gasteiger partial charge in [-0.25, -0.2) is 0 Å². The van der Waals surface area contributed by atoms with E-state index in [0.29, 0.717) is 12.3 Å². The molecule has 1 aromatic rings. The van der Waals surface area contributed by atoms with Crippen molar-refractivity contribution in [1.29, 1.82) is 0 Å². The molecular weight excluding hydrogens is 254 g/mol. The zero-order valence-electron chi connectivity index (χ0n) is 11.7. The summed E-state index contributed by atoms with van der Waals surface area (Å²) in [5.41, 5.74) is 2.68. The van der Waals surface area contributed by atoms with Gasteiger partial charge in [-0.05, 0) is 42.5 Å². The Hall–Kier alpha value is -1.55. The highest BCUT2D eigenvalue weighted by Gasteiger charge is 2.24. The number of carboxylic acids is 1. The molecule has 1 atom stereocenters. The number of carboxylic acid groups (broad SMARTS) is 1. The first kappa shape index (κ1) is 13.4. The van der Waals surface area contributed by atoms with Gasteiger partial charge in [-0.15, -0.1) is 0 Å². The number of benzene rings is 1. The fourth-order valence-electron chi connectivity index (χ4n) is 3.21. The van der Waals surface area contributed by atoms with Crippen molar-refractivity contribution in [2.24, 2.45) is 5.92 Å². The summed E-state index contributed by atoms with van der Waals surface area (Å²) in [6.07, 6.45) is 3.39. The van der Waals surface area contributed by atoms with Crippen molar-refractivity contribution in [2.45, 2.75) is 25.7 Å². The van der Waals surface area contributed by atoms with Gasteiger partial charge in [-0.3, -0.25) is 4.79 Å². The summed E-state index contributed by atoms with van der Waals surface area (Å²) in [4.78, 5) is 13.1. The van der Waals surface area contributed by atoms with Gasteiger partial charge in [0.1, 0.15) is 5.75 Å². The molecule has 0 bridgehead atoms. The van der Waals surface area contributed by atoms with Gasteiger partial charge in [0, 0.05) is 25.9 Å². The molecule has 20 heavy (non-hydrogen) atoms. The first-order valence-corrected chi connectivity index (χ1v) is 7.39. The van der Waals surface area contributed by atoms with Crippen LogP contribution in [0.15, 0.2) is 18.2 Å². The van der Waals surface area contributed by atoms with Gasteiger partial charge in [0.25, 0.3) is 0 Å². The number of hydrogen-bond donors (Lipinski definition) is 1. The van der Waals surface area contributed by atoms with Crippen LogP contribution >= 0.6 is 0 Å². The Labute approximate surface area is 119 Å². The van der Waals surface area contributed by atoms with Crippen LogP contribution in [0, 0.1) is 5.92 Å². The van der Waals surface area contributed by atoms with E-state index in [-0.39, 0.29) is 0 Å². The quantitative estimate of drug-likeness (QED) is 0.892. The van der Waals surface area contributed by atoms with Gasteiger partial charge < -0.3 is 14.7 Å². The standard InChI is InChI=1S/C16H21NO3/c18-16(19)10-13-4-7-17(11-13)6-3-12-1-2-15-14(9-12)5-8-20-15/h1-2,9,13H,3-8,10-11H2,(H,18,19). The van der Waals surface area contributed by atoms with E-state index in [4.69, 9.17) is 9.84 Å². The van der Waals surface area contributed by atoms with Crippen molar-refractivity contribution < 1.29 is 14.6 Å². The SMILES string of the molecule is O=C(O)CC1CCN(CCc2ccc3c(c2)CCO3)C1. The predicted molar refractivity (Wildman–Crippen MR) is 76.1 cm³/mol. The molecule has 108 valence electrons. The first-order valence-electron chi connectivity index (χ1n) is 7.39. The van der Waals surface area contributed by atoms with Gasteiger partial charge in [-0.1, -0.05) is 12.1 Å². The smallest absolute Gasteiger partial charge is 0.303 e. The van der Waals surface area contributed by atoms with Crippen molar-refractivity contribution in [2.75, 3.05) is 26.2 Å². The zero-order valence-corrected chi connectivity index (χ0v) is 11.7. The van der Waals surface area contributed by atoms with Crippen molar-refractivity contribution in [3.8, 4) is 5.75 Å². The summed E-state index contributed by atoms with van der Waals surface area (Å²) in [5, 5.41) is 8.83. The maximum atomic E-state index is 10.7. The average molecular weight is 275 g/mol. The third-order valence-electron chi connectivity index (χ3n) is 4.30. The van der Waals surface area contributed by atoms with Crippen molar-refractivity contribution in [1.82, 2.24) is 4.90 Å². The molecule has 3 rings (SSSR count). The number of rotatable bonds is 5. The summed E-state index contributed by atoms with van der Waals surface area (Å²) >= 11 is 0. The second-order valence-electron chi connectivity index (χ2n) is 5.84. The first-order chi connectivity index (χ1) is 9.70. The molecule has 0 amide bonds. The van der Waals surface area contributed by atoms with E-state index in [9.17, 15) is 4.79 Å². The molecular formula is C16H21NO3. The average Bonchev–Trinajstić information content (AvgIpc) is 3.03. The molecule has 1 fully saturated rings. The summed E-state index contributed by atoms with van der Waals surface area (Å²) in [7, 11) is 0. The monoisotopic (exact) mass is 275 g/mol. The lowest BCUT2D eigenvalue weighted by atomic mass is 10.1. The van der Waals surface area contributed by atoms with Crippen LogP contribution in [0.2, 0.25) is 0 Å². The molecule has 0 spiro atoms. The van der Waals surface area contributed by atoms with E-state index in [2.05, 4.69) is 23.1 Å². The second-order valence-corrected chi connectivity index (χ2v) is 5.84. The lowest BCUT2D eigenvalue weighted by molar-refractivity contribution is -0.138. The van der Waals surface area contributed by atoms with Gasteiger partial charge in [0.15, 0.2) is 0 Å². The van der Waals surface area contributed by atoms with Crippen LogP contribution in [-0.2, 0) is 17.6 Å². The second kappa shape index (κ2) is 5.83. The van der Waals surface area contributed by atoms with E-state index in [1.807, 2.05) is 0 Å². The molecule has 0 aliphatic carbocycles. The molecule has 2 aliphatic rings. The van der Waals surface area contributed by atoms with Gasteiger partial charge in [0.2, 0.25) is 0 Å². The van der Waals surface area contributed by atoms with Crippen LogP contribution in [-0.4, -0.2) is 42.2 Å². The molecule has 0 saturated carbocycles. The Kier molecular flexibility index (Phi) is 3.92. The Balaban J connectivity index is 1.49. The largest absolute Gasteiger partial charge is 0.493 e. The van der Waals surface area contributed by atoms with Crippen LogP contribution < -0.4 is 4.74 Å². The number of nitrogens with zero attached hydrogens (tertiary/aromatic N) is 1. The Bertz CT molecular complexity index is 500. The summed E-state index contributed by atoms with van der Waals surface area (Å²) in [5.74, 6) is 0.702. The minimum Gasteiger partial charge on any atom is -0.493 e. The lowest BCUT2D eigenvalue weighted by Crippen LogP contribution is -2.24. The van der Waals surface area contributed by atoms with E-state index < -0.39 is 5.97 Å². The number of likely N-dealkylation sites (tertiary alicyclic amines) is 1. The Morgan fingerprint density at radius 2 is 2.35 bits per heavy atom. The van der Waals surface area contributed by atoms with Crippen LogP contribution in [0.5, 0.6) is 5.75 Å². The third kappa shape index (κ3) is 3.12. The number of aliphatic carboxylic acids is 1. The summed E-state index contributed by atoms with van der Waals surface area (Å²) in [6, 6.07) is 6.48. The van der Waals surface area contributed by atoms with E-state index in [1.54, 1.807) is 0 Å². The van der Waals surface area contributed by atoms with E-state index >= 15 is 0 Å². The minimum atomic E-state index is -0.671. The van der Waals surface area contributed by atoms with Crippen LogP contribution in [0.4, 0.5) is 0 Å². The number of hydrogen-bond acceptors (Lipinski definition) is 3. The van der Waals surface area contributed by atoms with Gasteiger partial charge >= 0.3 is 5.97 Å². The predicted octanol–water partition coefficient (Wildman–Crippen LogP) is 1.96. The van der Waals surface area contributed by atoms with Crippen LogP contribution in [0.3, 0.4) is 0 Å². The topological polar surface area (TPSA) is 49.8 Å². The van der Waals surface area contributed by atoms with Gasteiger partial charge in [-0.2, -0.15) is 0 Å². The molecule has 4 nitrogen and oxygen atoms in total. The van der Waals surface area contributed by atoms with Crippen molar-refractivity contribution >= 4 is 5.97 Å². The van der Waals surface area contributed by atoms with E-state index in [0.717, 1.165) is 51.3 Å². The number of fused-ring (bicyclic) bond motifs is 1. The van der Waals surface area contributed by atoms with Crippen molar-refractivity contribution in [3.05, 3.63) is 29.3 Å². The number of carbonyl (C=O) groups is 1. The highest BCUT2D eigenvalue weighted by Crippen LogP contribution is 2.26. The molecule has 4 heteroatoms. The molecule has 2 heterocycles. The summed E-state index contributed by atoms with van der Waals surface area (Å²) in [6.45, 7) is 3.80. The van der Waals surface area contributed by atoms with Crippen LogP contribution in [0.25, 0.3) is 0 Å². The highest BCUT2D eigenvalue weighted by molar-refractivity contribution is 5.67. The Morgan fingerprint density at radius 3 is 3.20 bits per heavy atom. The lowest BCUT2D eigenvalue weighted by Gasteiger charge is -2.15. The maximum absolute atomic E-state index is 10.7. The molecule has 1 saturated heterocycles. The highest BCUT2D eigenvalue weighted by atomic mass is 16.5. The molecule has 0 aromatic heterocycles. The third-order valence-corrected chi connectivity index (χ3v) is 4.30. The maximum Gasteiger partial charge on any atom is 0.303 e. The minimum absolute atomic E-state index is 0.312. The molecule has 1 aromatic carbocycles. The Morgan fingerprint density at radius 1 is 1.45 bits per heavy atom. The van der Waals surface area contributed by atoms with E-state index in [1.165, 1.54) is 11.1 Å². The molecule has 2 aliphatic heterocycles. The fraction of sp³-hybridized carbons (Fsp3) is 0.562. The summed E-state index contributed by atoms with van der Waals surface area (Å²) < 4.78 is 5.52. The molecule has 1 N–H and O–H groups in total. The molecule has 1 unspecified atom stereocenters. The van der Waals surface area contributed by atoms with Crippen molar-refractivity contribution in [3.63, 3.8) is 0 Å².